The van der Waals surface area contributed by atoms with E-state index in [0.29, 0.717) is 43.5 Å². The van der Waals surface area contributed by atoms with E-state index in [9.17, 15) is 22.8 Å². The SMILES string of the molecule is C/C(=N\NC(=O)c1cc(-c2ccc(Cl)cc2Cl)nc2ccccc12)c1cccc(NC(=O)C(F)(F)F)c1. The van der Waals surface area contributed by atoms with E-state index < -0.39 is 18.0 Å². The number of hydrazone groups is 1. The summed E-state index contributed by atoms with van der Waals surface area (Å²) < 4.78 is 37.7. The van der Waals surface area contributed by atoms with Crippen molar-refractivity contribution >= 4 is 57.3 Å². The molecular formula is C26H17Cl2F3N4O2. The molecule has 4 rings (SSSR count). The van der Waals surface area contributed by atoms with Crippen LogP contribution < -0.4 is 10.7 Å². The number of hydrogen-bond donors (Lipinski definition) is 2. The molecule has 0 unspecified atom stereocenters. The van der Waals surface area contributed by atoms with Gasteiger partial charge in [-0.15, -0.1) is 0 Å². The molecule has 3 aromatic carbocycles. The van der Waals surface area contributed by atoms with Crippen molar-refractivity contribution in [2.45, 2.75) is 13.1 Å². The van der Waals surface area contributed by atoms with Gasteiger partial charge >= 0.3 is 12.1 Å². The number of alkyl halides is 3. The molecule has 188 valence electrons. The van der Waals surface area contributed by atoms with Crippen LogP contribution >= 0.6 is 23.2 Å². The molecule has 0 spiro atoms. The lowest BCUT2D eigenvalue weighted by atomic mass is 10.0. The Morgan fingerprint density at radius 2 is 1.70 bits per heavy atom. The third-order valence-corrected chi connectivity index (χ3v) is 5.84. The van der Waals surface area contributed by atoms with Gasteiger partial charge in [-0.1, -0.05) is 53.5 Å². The molecule has 37 heavy (non-hydrogen) atoms. The minimum absolute atomic E-state index is 0.0645. The number of hydrogen-bond acceptors (Lipinski definition) is 4. The molecule has 0 bridgehead atoms. The maximum absolute atomic E-state index is 13.2. The highest BCUT2D eigenvalue weighted by molar-refractivity contribution is 6.36. The van der Waals surface area contributed by atoms with Gasteiger partial charge in [-0.2, -0.15) is 18.3 Å². The minimum atomic E-state index is -5.02. The van der Waals surface area contributed by atoms with E-state index in [1.54, 1.807) is 66.8 Å². The van der Waals surface area contributed by atoms with Crippen LogP contribution in [0.5, 0.6) is 0 Å². The van der Waals surface area contributed by atoms with Gasteiger partial charge in [0.1, 0.15) is 0 Å². The van der Waals surface area contributed by atoms with Crippen molar-refractivity contribution in [1.29, 1.82) is 0 Å². The van der Waals surface area contributed by atoms with Crippen molar-refractivity contribution in [2.24, 2.45) is 5.10 Å². The molecule has 11 heteroatoms. The third kappa shape index (κ3) is 6.07. The fraction of sp³-hybridized carbons (Fsp3) is 0.0769. The van der Waals surface area contributed by atoms with Gasteiger partial charge in [-0.25, -0.2) is 10.4 Å². The number of rotatable bonds is 5. The van der Waals surface area contributed by atoms with Crippen LogP contribution in [0, 0.1) is 0 Å². The van der Waals surface area contributed by atoms with Crippen molar-refractivity contribution in [3.63, 3.8) is 0 Å². The number of benzene rings is 3. The lowest BCUT2D eigenvalue weighted by Crippen LogP contribution is -2.29. The van der Waals surface area contributed by atoms with Gasteiger partial charge in [-0.05, 0) is 55.0 Å². The van der Waals surface area contributed by atoms with Crippen LogP contribution in [0.3, 0.4) is 0 Å². The number of aromatic nitrogens is 1. The molecule has 0 radical (unpaired) electrons. The second kappa shape index (κ2) is 10.6. The number of para-hydroxylation sites is 1. The Balaban J connectivity index is 1.63. The molecule has 4 aromatic rings. The van der Waals surface area contributed by atoms with Crippen LogP contribution in [0.2, 0.25) is 10.0 Å². The number of pyridine rings is 1. The third-order valence-electron chi connectivity index (χ3n) is 5.29. The minimum Gasteiger partial charge on any atom is -0.318 e. The van der Waals surface area contributed by atoms with Crippen molar-refractivity contribution < 1.29 is 22.8 Å². The zero-order valence-corrected chi connectivity index (χ0v) is 20.5. The Morgan fingerprint density at radius 3 is 2.43 bits per heavy atom. The summed E-state index contributed by atoms with van der Waals surface area (Å²) in [6, 6.07) is 19.3. The number of carbonyl (C=O) groups is 2. The standard InChI is InChI=1S/C26H17Cl2F3N4O2/c1-14(15-5-4-6-17(11-15)32-25(37)26(29,30)31)34-35-24(36)20-13-23(19-10-9-16(27)12-21(19)28)33-22-8-3-2-7-18(20)22/h2-13H,1H3,(H,32,37)(H,35,36)/b34-14+. The zero-order chi connectivity index (χ0) is 26.7. The van der Waals surface area contributed by atoms with E-state index in [0.717, 1.165) is 0 Å². The average Bonchev–Trinajstić information content (AvgIpc) is 2.86. The van der Waals surface area contributed by atoms with E-state index in [1.807, 2.05) is 0 Å². The van der Waals surface area contributed by atoms with Crippen LogP contribution in [-0.4, -0.2) is 28.7 Å². The molecule has 0 aliphatic heterocycles. The largest absolute Gasteiger partial charge is 0.471 e. The maximum atomic E-state index is 13.2. The monoisotopic (exact) mass is 544 g/mol. The van der Waals surface area contributed by atoms with Gasteiger partial charge in [0.05, 0.1) is 27.5 Å². The topological polar surface area (TPSA) is 83.4 Å². The van der Waals surface area contributed by atoms with E-state index in [1.165, 1.54) is 18.2 Å². The second-order valence-corrected chi connectivity index (χ2v) is 8.71. The number of halogens is 5. The molecule has 0 saturated carbocycles. The van der Waals surface area contributed by atoms with Crippen molar-refractivity contribution in [2.75, 3.05) is 5.32 Å². The van der Waals surface area contributed by atoms with Crippen LogP contribution in [0.15, 0.2) is 77.9 Å². The fourth-order valence-electron chi connectivity index (χ4n) is 3.48. The van der Waals surface area contributed by atoms with Gasteiger partial charge in [0.25, 0.3) is 5.91 Å². The summed E-state index contributed by atoms with van der Waals surface area (Å²) in [6.07, 6.45) is -5.02. The first-order chi connectivity index (χ1) is 17.5. The Labute approximate surface area is 219 Å². The molecule has 6 nitrogen and oxygen atoms in total. The fourth-order valence-corrected chi connectivity index (χ4v) is 3.99. The number of carbonyl (C=O) groups excluding carboxylic acids is 2. The second-order valence-electron chi connectivity index (χ2n) is 7.87. The smallest absolute Gasteiger partial charge is 0.318 e. The molecule has 2 amide bonds. The van der Waals surface area contributed by atoms with Gasteiger partial charge < -0.3 is 5.32 Å². The molecular weight excluding hydrogens is 528 g/mol. The summed E-state index contributed by atoms with van der Waals surface area (Å²) in [5, 5.41) is 7.29. The van der Waals surface area contributed by atoms with Crippen LogP contribution in [0.1, 0.15) is 22.8 Å². The van der Waals surface area contributed by atoms with Gasteiger partial charge in [0.2, 0.25) is 0 Å². The predicted molar refractivity (Wildman–Crippen MR) is 138 cm³/mol. The first-order valence-electron chi connectivity index (χ1n) is 10.7. The Hall–Kier alpha value is -3.95. The molecule has 1 aromatic heterocycles. The molecule has 0 aliphatic carbocycles. The van der Waals surface area contributed by atoms with E-state index >= 15 is 0 Å². The van der Waals surface area contributed by atoms with Gasteiger partial charge in [0, 0.05) is 21.7 Å². The highest BCUT2D eigenvalue weighted by Gasteiger charge is 2.38. The predicted octanol–water partition coefficient (Wildman–Crippen LogP) is 6.86. The van der Waals surface area contributed by atoms with Gasteiger partial charge in [0.15, 0.2) is 0 Å². The Kier molecular flexibility index (Phi) is 7.47. The van der Waals surface area contributed by atoms with Gasteiger partial charge in [-0.3, -0.25) is 9.59 Å². The van der Waals surface area contributed by atoms with Crippen molar-refractivity contribution in [3.05, 3.63) is 94.0 Å². The molecule has 2 N–H and O–H groups in total. The lowest BCUT2D eigenvalue weighted by Gasteiger charge is -2.11. The first kappa shape index (κ1) is 26.1. The number of amides is 2. The van der Waals surface area contributed by atoms with Crippen molar-refractivity contribution in [1.82, 2.24) is 10.4 Å². The summed E-state index contributed by atoms with van der Waals surface area (Å²) in [4.78, 5) is 29.0. The first-order valence-corrected chi connectivity index (χ1v) is 11.5. The maximum Gasteiger partial charge on any atom is 0.471 e. The Bertz CT molecular complexity index is 1550. The number of fused-ring (bicyclic) bond motifs is 1. The molecule has 0 atom stereocenters. The van der Waals surface area contributed by atoms with Crippen LogP contribution in [0.4, 0.5) is 18.9 Å². The van der Waals surface area contributed by atoms with E-state index in [4.69, 9.17) is 23.2 Å². The van der Waals surface area contributed by atoms with Crippen LogP contribution in [-0.2, 0) is 4.79 Å². The normalized spacial score (nSPS) is 11.9. The highest BCUT2D eigenvalue weighted by atomic mass is 35.5. The summed E-state index contributed by atoms with van der Waals surface area (Å²) in [5.41, 5.74) is 5.00. The summed E-state index contributed by atoms with van der Waals surface area (Å²) in [5.74, 6) is -2.63. The molecule has 1 heterocycles. The quantitative estimate of drug-likeness (QED) is 0.212. The number of anilines is 1. The van der Waals surface area contributed by atoms with E-state index in [2.05, 4.69) is 15.5 Å². The summed E-state index contributed by atoms with van der Waals surface area (Å²) >= 11 is 12.4. The average molecular weight is 545 g/mol. The summed E-state index contributed by atoms with van der Waals surface area (Å²) in [6.45, 7) is 1.56. The molecule has 0 aliphatic rings. The number of nitrogens with zero attached hydrogens (tertiary/aromatic N) is 2. The van der Waals surface area contributed by atoms with E-state index in [-0.39, 0.29) is 11.3 Å². The molecule has 0 fully saturated rings. The highest BCUT2D eigenvalue weighted by Crippen LogP contribution is 2.32. The molecule has 0 saturated heterocycles. The summed E-state index contributed by atoms with van der Waals surface area (Å²) in [7, 11) is 0. The van der Waals surface area contributed by atoms with Crippen LogP contribution in [0.25, 0.3) is 22.2 Å². The Morgan fingerprint density at radius 1 is 0.946 bits per heavy atom. The number of nitrogens with one attached hydrogen (secondary N) is 2. The zero-order valence-electron chi connectivity index (χ0n) is 19.0. The lowest BCUT2D eigenvalue weighted by molar-refractivity contribution is -0.167. The van der Waals surface area contributed by atoms with Crippen molar-refractivity contribution in [3.8, 4) is 11.3 Å².